The Bertz CT molecular complexity index is 1310. The van der Waals surface area contributed by atoms with Crippen LogP contribution in [-0.2, 0) is 16.2 Å². The van der Waals surface area contributed by atoms with Gasteiger partial charge in [-0.1, -0.05) is 29.8 Å². The topological polar surface area (TPSA) is 58.6 Å². The van der Waals surface area contributed by atoms with Crippen LogP contribution in [0.4, 0.5) is 23.2 Å². The predicted octanol–water partition coefficient (Wildman–Crippen LogP) is 6.11. The van der Waals surface area contributed by atoms with Gasteiger partial charge in [0.1, 0.15) is 21.9 Å². The van der Waals surface area contributed by atoms with E-state index in [2.05, 4.69) is 4.72 Å². The smallest absolute Gasteiger partial charge is 0.419 e. The van der Waals surface area contributed by atoms with Gasteiger partial charge in [-0.15, -0.1) is 11.3 Å². The summed E-state index contributed by atoms with van der Waals surface area (Å²) < 4.78 is 88.2. The lowest BCUT2D eigenvalue weighted by Gasteiger charge is -2.19. The van der Waals surface area contributed by atoms with Gasteiger partial charge in [0.15, 0.2) is 0 Å². The van der Waals surface area contributed by atoms with Crippen LogP contribution in [0.25, 0.3) is 10.4 Å². The van der Waals surface area contributed by atoms with Gasteiger partial charge in [-0.3, -0.25) is 4.72 Å². The second kappa shape index (κ2) is 9.37. The number of thiophene rings is 1. The summed E-state index contributed by atoms with van der Waals surface area (Å²) in [6.45, 7) is 1.14. The van der Waals surface area contributed by atoms with Gasteiger partial charge in [0.2, 0.25) is 0 Å². The van der Waals surface area contributed by atoms with Crippen molar-refractivity contribution in [3.05, 3.63) is 64.9 Å². The first-order valence-corrected chi connectivity index (χ1v) is 12.8. The SMILES string of the molecule is CN1CCC(Oc2cc(NS(=O)(=O)c3cc(Cl)c(-c4ccccc4F)s3)ccc2C(F)(F)F)C1. The van der Waals surface area contributed by atoms with Crippen LogP contribution in [-0.4, -0.2) is 39.6 Å². The minimum atomic E-state index is -4.67. The molecular weight excluding hydrogens is 516 g/mol. The van der Waals surface area contributed by atoms with Crippen molar-refractivity contribution in [1.29, 1.82) is 0 Å². The fourth-order valence-electron chi connectivity index (χ4n) is 3.60. The first-order chi connectivity index (χ1) is 15.9. The average molecular weight is 535 g/mol. The van der Waals surface area contributed by atoms with E-state index in [9.17, 15) is 26.0 Å². The van der Waals surface area contributed by atoms with E-state index in [1.807, 2.05) is 11.9 Å². The molecular formula is C22H19ClF4N2O3S2. The van der Waals surface area contributed by atoms with E-state index in [4.69, 9.17) is 16.3 Å². The van der Waals surface area contributed by atoms with Crippen LogP contribution in [0.3, 0.4) is 0 Å². The van der Waals surface area contributed by atoms with Crippen LogP contribution in [0.15, 0.2) is 52.7 Å². The molecule has 1 fully saturated rings. The monoisotopic (exact) mass is 534 g/mol. The molecule has 4 rings (SSSR count). The van der Waals surface area contributed by atoms with Gasteiger partial charge >= 0.3 is 6.18 Å². The summed E-state index contributed by atoms with van der Waals surface area (Å²) in [4.78, 5) is 2.15. The van der Waals surface area contributed by atoms with Gasteiger partial charge < -0.3 is 9.64 Å². The number of likely N-dealkylation sites (tertiary alicyclic amines) is 1. The molecule has 1 aromatic heterocycles. The van der Waals surface area contributed by atoms with Crippen molar-refractivity contribution >= 4 is 38.6 Å². The van der Waals surface area contributed by atoms with Gasteiger partial charge in [-0.05, 0) is 37.7 Å². The Morgan fingerprint density at radius 1 is 1.18 bits per heavy atom. The summed E-state index contributed by atoms with van der Waals surface area (Å²) >= 11 is 6.92. The van der Waals surface area contributed by atoms with Crippen LogP contribution < -0.4 is 9.46 Å². The van der Waals surface area contributed by atoms with Crippen molar-refractivity contribution in [3.8, 4) is 16.2 Å². The number of hydrogen-bond donors (Lipinski definition) is 1. The maximum absolute atomic E-state index is 14.2. The zero-order valence-electron chi connectivity index (χ0n) is 17.7. The third-order valence-electron chi connectivity index (χ3n) is 5.23. The number of anilines is 1. The Kier molecular flexibility index (Phi) is 6.83. The normalized spacial score (nSPS) is 17.2. The number of rotatable bonds is 6. The van der Waals surface area contributed by atoms with Crippen molar-refractivity contribution in [2.45, 2.75) is 22.9 Å². The van der Waals surface area contributed by atoms with Gasteiger partial charge in [0, 0.05) is 24.7 Å². The number of halogens is 5. The second-order valence-electron chi connectivity index (χ2n) is 7.83. The van der Waals surface area contributed by atoms with Crippen molar-refractivity contribution in [2.75, 3.05) is 24.9 Å². The molecule has 3 aromatic rings. The fraction of sp³-hybridized carbons (Fsp3) is 0.273. The number of benzene rings is 2. The molecule has 0 bridgehead atoms. The van der Waals surface area contributed by atoms with E-state index in [0.717, 1.165) is 29.5 Å². The predicted molar refractivity (Wildman–Crippen MR) is 124 cm³/mol. The number of hydrogen-bond acceptors (Lipinski definition) is 5. The van der Waals surface area contributed by atoms with Gasteiger partial charge in [0.25, 0.3) is 10.0 Å². The van der Waals surface area contributed by atoms with Gasteiger partial charge in [-0.2, -0.15) is 13.2 Å². The van der Waals surface area contributed by atoms with E-state index >= 15 is 0 Å². The largest absolute Gasteiger partial charge is 0.488 e. The lowest BCUT2D eigenvalue weighted by Crippen LogP contribution is -2.23. The molecule has 5 nitrogen and oxygen atoms in total. The van der Waals surface area contributed by atoms with E-state index in [1.165, 1.54) is 24.3 Å². The highest BCUT2D eigenvalue weighted by molar-refractivity contribution is 7.94. The molecule has 2 aromatic carbocycles. The molecule has 0 radical (unpaired) electrons. The third kappa shape index (κ3) is 5.32. The van der Waals surface area contributed by atoms with Crippen LogP contribution in [0.2, 0.25) is 5.02 Å². The van der Waals surface area contributed by atoms with Crippen molar-refractivity contribution in [3.63, 3.8) is 0 Å². The van der Waals surface area contributed by atoms with Gasteiger partial charge in [-0.25, -0.2) is 12.8 Å². The first-order valence-electron chi connectivity index (χ1n) is 10.1. The number of sulfonamides is 1. The van der Waals surface area contributed by atoms with E-state index in [-0.39, 0.29) is 25.4 Å². The molecule has 1 aliphatic rings. The van der Waals surface area contributed by atoms with Crippen molar-refractivity contribution in [2.24, 2.45) is 0 Å². The minimum absolute atomic E-state index is 0.0391. The third-order valence-corrected chi connectivity index (χ3v) is 8.66. The molecule has 1 saturated heterocycles. The minimum Gasteiger partial charge on any atom is -0.488 e. The molecule has 0 spiro atoms. The van der Waals surface area contributed by atoms with Crippen LogP contribution in [0, 0.1) is 5.82 Å². The maximum atomic E-state index is 14.2. The van der Waals surface area contributed by atoms with E-state index < -0.39 is 39.4 Å². The molecule has 0 amide bonds. The Morgan fingerprint density at radius 2 is 1.91 bits per heavy atom. The zero-order chi connectivity index (χ0) is 24.7. The summed E-state index contributed by atoms with van der Waals surface area (Å²) in [6.07, 6.45) is -4.57. The van der Waals surface area contributed by atoms with E-state index in [0.29, 0.717) is 19.5 Å². The van der Waals surface area contributed by atoms with Crippen molar-refractivity contribution in [1.82, 2.24) is 4.90 Å². The zero-order valence-corrected chi connectivity index (χ0v) is 20.1. The second-order valence-corrected chi connectivity index (χ2v) is 11.2. The average Bonchev–Trinajstić information content (AvgIpc) is 3.33. The Balaban J connectivity index is 1.63. The highest BCUT2D eigenvalue weighted by Gasteiger charge is 2.36. The number of nitrogens with one attached hydrogen (secondary N) is 1. The Morgan fingerprint density at radius 3 is 2.56 bits per heavy atom. The Labute approximate surface area is 203 Å². The van der Waals surface area contributed by atoms with Gasteiger partial charge in [0.05, 0.1) is 21.2 Å². The molecule has 1 aliphatic heterocycles. The molecule has 12 heteroatoms. The number of nitrogens with zero attached hydrogens (tertiary/aromatic N) is 1. The summed E-state index contributed by atoms with van der Waals surface area (Å²) in [5, 5.41) is 0.0391. The van der Waals surface area contributed by atoms with Crippen LogP contribution in [0.5, 0.6) is 5.75 Å². The summed E-state index contributed by atoms with van der Waals surface area (Å²) in [5.41, 5.74) is -0.956. The summed E-state index contributed by atoms with van der Waals surface area (Å²) in [5.74, 6) is -1.02. The quantitative estimate of drug-likeness (QED) is 0.388. The Hall–Kier alpha value is -2.34. The molecule has 34 heavy (non-hydrogen) atoms. The summed E-state index contributed by atoms with van der Waals surface area (Å²) in [7, 11) is -2.39. The molecule has 1 atom stereocenters. The number of ether oxygens (including phenoxy) is 1. The fourth-order valence-corrected chi connectivity index (χ4v) is 6.49. The molecule has 0 aliphatic carbocycles. The van der Waals surface area contributed by atoms with E-state index in [1.54, 1.807) is 6.07 Å². The number of alkyl halides is 3. The molecule has 1 N–H and O–H groups in total. The standard InChI is InChI=1S/C22H19ClF4N2O3S2/c1-29-9-8-14(12-29)32-19-10-13(6-7-16(19)22(25,26)27)28-34(30,31)20-11-17(23)21(33-20)15-4-2-3-5-18(15)24/h2-7,10-11,14,28H,8-9,12H2,1H3. The lowest BCUT2D eigenvalue weighted by atomic mass is 10.1. The molecule has 182 valence electrons. The lowest BCUT2D eigenvalue weighted by molar-refractivity contribution is -0.139. The molecule has 2 heterocycles. The van der Waals surface area contributed by atoms with Crippen LogP contribution in [0.1, 0.15) is 12.0 Å². The summed E-state index contributed by atoms with van der Waals surface area (Å²) in [6, 6.07) is 9.76. The highest BCUT2D eigenvalue weighted by Crippen LogP contribution is 2.41. The molecule has 0 saturated carbocycles. The van der Waals surface area contributed by atoms with Crippen LogP contribution >= 0.6 is 22.9 Å². The maximum Gasteiger partial charge on any atom is 0.419 e. The van der Waals surface area contributed by atoms with Crippen molar-refractivity contribution < 1.29 is 30.7 Å². The molecule has 1 unspecified atom stereocenters. The number of likely N-dealkylation sites (N-methyl/N-ethyl adjacent to an activating group) is 1. The first kappa shape index (κ1) is 24.8. The highest BCUT2D eigenvalue weighted by atomic mass is 35.5.